The number of H-pyrrole nitrogens is 1. The first-order chi connectivity index (χ1) is 13.5. The molecule has 148 valence electrons. The average Bonchev–Trinajstić information content (AvgIpc) is 3.18. The number of nitrogens with one attached hydrogen (secondary N) is 1. The molecule has 0 radical (unpaired) electrons. The van der Waals surface area contributed by atoms with Gasteiger partial charge in [0.2, 0.25) is 5.95 Å². The van der Waals surface area contributed by atoms with E-state index < -0.39 is 36.7 Å². The number of anilines is 1. The van der Waals surface area contributed by atoms with Crippen molar-refractivity contribution in [1.82, 2.24) is 19.5 Å². The van der Waals surface area contributed by atoms with Gasteiger partial charge in [0, 0.05) is 5.75 Å². The highest BCUT2D eigenvalue weighted by atomic mass is 32.2. The Bertz CT molecular complexity index is 1040. The van der Waals surface area contributed by atoms with Crippen molar-refractivity contribution in [1.29, 1.82) is 0 Å². The Balaban J connectivity index is 1.79. The highest BCUT2D eigenvalue weighted by Crippen LogP contribution is 2.35. The zero-order valence-electron chi connectivity index (χ0n) is 14.6. The van der Waals surface area contributed by atoms with Gasteiger partial charge in [-0.25, -0.2) is 4.98 Å². The standard InChI is InChI=1S/C17H19N5O5S/c18-16-20-13-10(14(26)21-16)19-17(28-7-8-4-2-1-3-5-8)22(13)15-12(25)11(24)9(6-23)27-15/h1-5,9,11-12,15,23-25H,6-7H2,(H3,18,20,21,26)/t9-,11-,12-,15-/m1/s1. The number of aromatic amines is 1. The summed E-state index contributed by atoms with van der Waals surface area (Å²) in [6.07, 6.45) is -4.68. The van der Waals surface area contributed by atoms with Crippen molar-refractivity contribution in [2.24, 2.45) is 0 Å². The Hall–Kier alpha value is -2.44. The van der Waals surface area contributed by atoms with Crippen molar-refractivity contribution in [2.75, 3.05) is 12.3 Å². The van der Waals surface area contributed by atoms with Crippen molar-refractivity contribution >= 4 is 28.9 Å². The minimum absolute atomic E-state index is 0.0440. The van der Waals surface area contributed by atoms with Crippen LogP contribution in [0.15, 0.2) is 40.3 Å². The van der Waals surface area contributed by atoms with Crippen LogP contribution in [0.2, 0.25) is 0 Å². The highest BCUT2D eigenvalue weighted by Gasteiger charge is 2.45. The molecule has 0 spiro atoms. The third kappa shape index (κ3) is 3.27. The van der Waals surface area contributed by atoms with Crippen LogP contribution in [-0.4, -0.2) is 59.8 Å². The first kappa shape index (κ1) is 18.9. The summed E-state index contributed by atoms with van der Waals surface area (Å²) >= 11 is 1.32. The van der Waals surface area contributed by atoms with E-state index in [-0.39, 0.29) is 17.1 Å². The Morgan fingerprint density at radius 3 is 2.64 bits per heavy atom. The van der Waals surface area contributed by atoms with Crippen LogP contribution in [0.3, 0.4) is 0 Å². The largest absolute Gasteiger partial charge is 0.394 e. The molecule has 1 aromatic carbocycles. The fourth-order valence-corrected chi connectivity index (χ4v) is 4.10. The number of nitrogen functional groups attached to an aromatic ring is 1. The van der Waals surface area contributed by atoms with Crippen LogP contribution in [0.1, 0.15) is 11.8 Å². The Labute approximate surface area is 163 Å². The molecule has 0 unspecified atom stereocenters. The van der Waals surface area contributed by atoms with E-state index >= 15 is 0 Å². The molecular formula is C17H19N5O5S. The molecule has 3 heterocycles. The SMILES string of the molecule is Nc1nc2c(nc(SCc3ccccc3)n2[C@@H]2O[C@H](CO)[C@@H](O)[C@H]2O)c(=O)[nH]1. The van der Waals surface area contributed by atoms with Crippen LogP contribution in [-0.2, 0) is 10.5 Å². The predicted octanol–water partition coefficient (Wildman–Crippen LogP) is -0.394. The van der Waals surface area contributed by atoms with Gasteiger partial charge in [-0.05, 0) is 5.56 Å². The second-order valence-electron chi connectivity index (χ2n) is 6.39. The molecule has 1 aliphatic heterocycles. The van der Waals surface area contributed by atoms with E-state index in [1.165, 1.54) is 16.3 Å². The number of aliphatic hydroxyl groups excluding tert-OH is 3. The molecule has 1 aliphatic rings. The molecule has 4 rings (SSSR count). The average molecular weight is 405 g/mol. The summed E-state index contributed by atoms with van der Waals surface area (Å²) in [5, 5.41) is 30.3. The molecule has 28 heavy (non-hydrogen) atoms. The summed E-state index contributed by atoms with van der Waals surface area (Å²) in [7, 11) is 0. The molecule has 10 nitrogen and oxygen atoms in total. The molecule has 6 N–H and O–H groups in total. The first-order valence-electron chi connectivity index (χ1n) is 8.56. The Morgan fingerprint density at radius 2 is 1.96 bits per heavy atom. The van der Waals surface area contributed by atoms with Crippen LogP contribution < -0.4 is 11.3 Å². The molecule has 1 fully saturated rings. The number of ether oxygens (including phenoxy) is 1. The number of nitrogens with two attached hydrogens (primary N) is 1. The maximum Gasteiger partial charge on any atom is 0.280 e. The second kappa shape index (κ2) is 7.53. The molecule has 0 bridgehead atoms. The molecular weight excluding hydrogens is 386 g/mol. The van der Waals surface area contributed by atoms with Crippen LogP contribution in [0.4, 0.5) is 5.95 Å². The number of benzene rings is 1. The third-order valence-corrected chi connectivity index (χ3v) is 5.54. The third-order valence-electron chi connectivity index (χ3n) is 4.52. The molecule has 0 saturated carbocycles. The molecule has 1 saturated heterocycles. The van der Waals surface area contributed by atoms with Gasteiger partial charge < -0.3 is 25.8 Å². The minimum atomic E-state index is -1.34. The van der Waals surface area contributed by atoms with E-state index in [4.69, 9.17) is 10.5 Å². The van der Waals surface area contributed by atoms with Gasteiger partial charge in [-0.1, -0.05) is 42.1 Å². The molecule has 0 aliphatic carbocycles. The highest BCUT2D eigenvalue weighted by molar-refractivity contribution is 7.98. The molecule has 2 aromatic heterocycles. The summed E-state index contributed by atoms with van der Waals surface area (Å²) in [5.41, 5.74) is 6.37. The van der Waals surface area contributed by atoms with Crippen molar-refractivity contribution in [3.8, 4) is 0 Å². The maximum absolute atomic E-state index is 12.3. The number of fused-ring (bicyclic) bond motifs is 1. The summed E-state index contributed by atoms with van der Waals surface area (Å²) in [6.45, 7) is -0.468. The van der Waals surface area contributed by atoms with Gasteiger partial charge in [-0.15, -0.1) is 0 Å². The van der Waals surface area contributed by atoms with E-state index in [0.29, 0.717) is 10.9 Å². The lowest BCUT2D eigenvalue weighted by Gasteiger charge is -2.19. The Morgan fingerprint density at radius 1 is 1.21 bits per heavy atom. The second-order valence-corrected chi connectivity index (χ2v) is 7.33. The fraction of sp³-hybridized carbons (Fsp3) is 0.353. The van der Waals surface area contributed by atoms with Crippen LogP contribution in [0.25, 0.3) is 11.2 Å². The van der Waals surface area contributed by atoms with Crippen molar-refractivity contribution in [3.63, 3.8) is 0 Å². The zero-order chi connectivity index (χ0) is 19.8. The summed E-state index contributed by atoms with van der Waals surface area (Å²) in [6, 6.07) is 9.65. The fourth-order valence-electron chi connectivity index (χ4n) is 3.13. The summed E-state index contributed by atoms with van der Waals surface area (Å²) in [4.78, 5) is 23.2. The number of nitrogens with zero attached hydrogens (tertiary/aromatic N) is 3. The summed E-state index contributed by atoms with van der Waals surface area (Å²) in [5.74, 6) is 0.441. The van der Waals surface area contributed by atoms with E-state index in [2.05, 4.69) is 15.0 Å². The smallest absolute Gasteiger partial charge is 0.280 e. The Kier molecular flexibility index (Phi) is 5.08. The molecule has 4 atom stereocenters. The monoisotopic (exact) mass is 405 g/mol. The quantitative estimate of drug-likeness (QED) is 0.356. The van der Waals surface area contributed by atoms with Crippen LogP contribution in [0.5, 0.6) is 0 Å². The van der Waals surface area contributed by atoms with Gasteiger partial charge in [-0.2, -0.15) is 4.98 Å². The number of rotatable bonds is 5. The number of thioether (sulfide) groups is 1. The van der Waals surface area contributed by atoms with Crippen molar-refractivity contribution in [3.05, 3.63) is 46.2 Å². The number of imidazole rings is 1. The minimum Gasteiger partial charge on any atom is -0.394 e. The van der Waals surface area contributed by atoms with E-state index in [0.717, 1.165) is 5.56 Å². The van der Waals surface area contributed by atoms with E-state index in [1.54, 1.807) is 0 Å². The molecule has 0 amide bonds. The van der Waals surface area contributed by atoms with Gasteiger partial charge >= 0.3 is 0 Å². The van der Waals surface area contributed by atoms with Crippen LogP contribution >= 0.6 is 11.8 Å². The number of hydrogen-bond donors (Lipinski definition) is 5. The van der Waals surface area contributed by atoms with E-state index in [9.17, 15) is 20.1 Å². The van der Waals surface area contributed by atoms with Gasteiger partial charge in [0.1, 0.15) is 18.3 Å². The topological polar surface area (TPSA) is 160 Å². The van der Waals surface area contributed by atoms with Gasteiger partial charge in [-0.3, -0.25) is 14.3 Å². The van der Waals surface area contributed by atoms with Gasteiger partial charge in [0.05, 0.1) is 6.61 Å². The number of aromatic nitrogens is 4. The number of hydrogen-bond acceptors (Lipinski definition) is 9. The lowest BCUT2D eigenvalue weighted by Crippen LogP contribution is -2.33. The zero-order valence-corrected chi connectivity index (χ0v) is 15.4. The molecule has 11 heteroatoms. The normalized spacial score (nSPS) is 24.8. The first-order valence-corrected chi connectivity index (χ1v) is 9.55. The van der Waals surface area contributed by atoms with E-state index in [1.807, 2.05) is 30.3 Å². The van der Waals surface area contributed by atoms with Gasteiger partial charge in [0.25, 0.3) is 5.56 Å². The lowest BCUT2D eigenvalue weighted by molar-refractivity contribution is -0.0548. The van der Waals surface area contributed by atoms with Crippen molar-refractivity contribution in [2.45, 2.75) is 35.4 Å². The maximum atomic E-state index is 12.3. The number of aliphatic hydroxyl groups is 3. The lowest BCUT2D eigenvalue weighted by atomic mass is 10.1. The predicted molar refractivity (Wildman–Crippen MR) is 102 cm³/mol. The van der Waals surface area contributed by atoms with Crippen LogP contribution in [0, 0.1) is 0 Å². The summed E-state index contributed by atoms with van der Waals surface area (Å²) < 4.78 is 7.07. The molecule has 3 aromatic rings. The van der Waals surface area contributed by atoms with Gasteiger partial charge in [0.15, 0.2) is 22.5 Å². The van der Waals surface area contributed by atoms with Crippen molar-refractivity contribution < 1.29 is 20.1 Å².